The Bertz CT molecular complexity index is 741. The fourth-order valence-electron chi connectivity index (χ4n) is 2.39. The van der Waals surface area contributed by atoms with Crippen molar-refractivity contribution in [3.05, 3.63) is 36.4 Å². The smallest absolute Gasteiger partial charge is 0.228 e. The van der Waals surface area contributed by atoms with Crippen LogP contribution in [0.25, 0.3) is 0 Å². The van der Waals surface area contributed by atoms with Crippen LogP contribution < -0.4 is 16.0 Å². The summed E-state index contributed by atoms with van der Waals surface area (Å²) in [6.45, 7) is 1.46. The van der Waals surface area contributed by atoms with Crippen LogP contribution in [0.3, 0.4) is 0 Å². The van der Waals surface area contributed by atoms with Crippen molar-refractivity contribution in [2.45, 2.75) is 26.2 Å². The zero-order valence-electron chi connectivity index (χ0n) is 13.4. The largest absolute Gasteiger partial charge is 0.339 e. The third-order valence-corrected chi connectivity index (χ3v) is 3.85. The molecular weight excluding hydrogens is 306 g/mol. The molecule has 3 rings (SSSR count). The standard InChI is InChI=1S/C17H19N5O2/c1-11(23)18-13-6-3-7-14(10-13)19-15-8-9-16(22-21-15)20-17(24)12-4-2-5-12/h3,6-10,12H,2,4-5H2,1H3,(H,18,23)(H,19,21)(H,20,22,24). The van der Waals surface area contributed by atoms with Crippen molar-refractivity contribution in [3.63, 3.8) is 0 Å². The molecule has 0 aliphatic heterocycles. The van der Waals surface area contributed by atoms with Gasteiger partial charge in [-0.1, -0.05) is 12.5 Å². The molecule has 1 aromatic heterocycles. The van der Waals surface area contributed by atoms with E-state index in [2.05, 4.69) is 26.1 Å². The molecule has 0 bridgehead atoms. The molecule has 1 saturated carbocycles. The van der Waals surface area contributed by atoms with Crippen molar-refractivity contribution >= 4 is 34.8 Å². The Balaban J connectivity index is 1.61. The summed E-state index contributed by atoms with van der Waals surface area (Å²) in [7, 11) is 0. The number of carbonyl (C=O) groups is 2. The molecule has 1 aliphatic rings. The predicted molar refractivity (Wildman–Crippen MR) is 92.0 cm³/mol. The third-order valence-electron chi connectivity index (χ3n) is 3.85. The van der Waals surface area contributed by atoms with Crippen LogP contribution in [0.2, 0.25) is 0 Å². The lowest BCUT2D eigenvalue weighted by atomic mass is 9.85. The van der Waals surface area contributed by atoms with Crippen LogP contribution in [0.15, 0.2) is 36.4 Å². The number of hydrogen-bond donors (Lipinski definition) is 3. The van der Waals surface area contributed by atoms with Crippen LogP contribution in [-0.2, 0) is 9.59 Å². The zero-order chi connectivity index (χ0) is 16.9. The van der Waals surface area contributed by atoms with E-state index < -0.39 is 0 Å². The number of anilines is 4. The average molecular weight is 325 g/mol. The molecule has 7 heteroatoms. The first-order valence-corrected chi connectivity index (χ1v) is 7.89. The predicted octanol–water partition coefficient (Wildman–Crippen LogP) is 2.92. The molecule has 24 heavy (non-hydrogen) atoms. The van der Waals surface area contributed by atoms with Crippen LogP contribution in [-0.4, -0.2) is 22.0 Å². The lowest BCUT2D eigenvalue weighted by Gasteiger charge is -2.23. The van der Waals surface area contributed by atoms with Crippen molar-refractivity contribution in [1.82, 2.24) is 10.2 Å². The average Bonchev–Trinajstić information content (AvgIpc) is 2.47. The van der Waals surface area contributed by atoms with Crippen molar-refractivity contribution in [2.24, 2.45) is 5.92 Å². The molecule has 0 unspecified atom stereocenters. The summed E-state index contributed by atoms with van der Waals surface area (Å²) in [4.78, 5) is 23.0. The van der Waals surface area contributed by atoms with E-state index in [-0.39, 0.29) is 17.7 Å². The van der Waals surface area contributed by atoms with Crippen LogP contribution in [0.1, 0.15) is 26.2 Å². The number of aromatic nitrogens is 2. The quantitative estimate of drug-likeness (QED) is 0.785. The van der Waals surface area contributed by atoms with Gasteiger partial charge in [-0.3, -0.25) is 9.59 Å². The first-order valence-electron chi connectivity index (χ1n) is 7.89. The molecule has 1 heterocycles. The molecule has 0 spiro atoms. The van der Waals surface area contributed by atoms with Gasteiger partial charge < -0.3 is 16.0 Å². The van der Waals surface area contributed by atoms with E-state index in [4.69, 9.17) is 0 Å². The highest BCUT2D eigenvalue weighted by atomic mass is 16.2. The second-order valence-corrected chi connectivity index (χ2v) is 5.81. The van der Waals surface area contributed by atoms with E-state index in [1.54, 1.807) is 24.3 Å². The highest BCUT2D eigenvalue weighted by Crippen LogP contribution is 2.27. The normalized spacial score (nSPS) is 13.7. The van der Waals surface area contributed by atoms with E-state index in [9.17, 15) is 9.59 Å². The highest BCUT2D eigenvalue weighted by molar-refractivity contribution is 5.92. The summed E-state index contributed by atoms with van der Waals surface area (Å²) in [5, 5.41) is 16.7. The molecule has 7 nitrogen and oxygen atoms in total. The van der Waals surface area contributed by atoms with Gasteiger partial charge in [0, 0.05) is 24.2 Å². The third kappa shape index (κ3) is 4.07. The Morgan fingerprint density at radius 2 is 1.71 bits per heavy atom. The summed E-state index contributed by atoms with van der Waals surface area (Å²) < 4.78 is 0. The molecule has 0 radical (unpaired) electrons. The van der Waals surface area contributed by atoms with E-state index in [1.807, 2.05) is 12.1 Å². The minimum absolute atomic E-state index is 0.0132. The topological polar surface area (TPSA) is 96.0 Å². The molecule has 3 N–H and O–H groups in total. The van der Waals surface area contributed by atoms with Gasteiger partial charge in [0.05, 0.1) is 0 Å². The van der Waals surface area contributed by atoms with Gasteiger partial charge >= 0.3 is 0 Å². The maximum absolute atomic E-state index is 11.9. The van der Waals surface area contributed by atoms with Crippen LogP contribution in [0, 0.1) is 5.92 Å². The monoisotopic (exact) mass is 325 g/mol. The fourth-order valence-corrected chi connectivity index (χ4v) is 2.39. The first kappa shape index (κ1) is 15.9. The van der Waals surface area contributed by atoms with Crippen LogP contribution >= 0.6 is 0 Å². The van der Waals surface area contributed by atoms with Gasteiger partial charge in [0.25, 0.3) is 0 Å². The molecular formula is C17H19N5O2. The highest BCUT2D eigenvalue weighted by Gasteiger charge is 2.25. The number of rotatable bonds is 5. The molecule has 1 aliphatic carbocycles. The van der Waals surface area contributed by atoms with Crippen molar-refractivity contribution in [2.75, 3.05) is 16.0 Å². The fraction of sp³-hybridized carbons (Fsp3) is 0.294. The van der Waals surface area contributed by atoms with Gasteiger partial charge in [0.15, 0.2) is 11.6 Å². The van der Waals surface area contributed by atoms with Gasteiger partial charge in [0.2, 0.25) is 11.8 Å². The zero-order valence-corrected chi connectivity index (χ0v) is 13.4. The number of nitrogens with zero attached hydrogens (tertiary/aromatic N) is 2. The number of nitrogens with one attached hydrogen (secondary N) is 3. The van der Waals surface area contributed by atoms with E-state index in [0.29, 0.717) is 17.3 Å². The maximum Gasteiger partial charge on any atom is 0.228 e. The summed E-state index contributed by atoms with van der Waals surface area (Å²) in [5.74, 6) is 1.000. The van der Waals surface area contributed by atoms with Crippen molar-refractivity contribution in [3.8, 4) is 0 Å². The number of amides is 2. The van der Waals surface area contributed by atoms with E-state index in [1.165, 1.54) is 6.92 Å². The molecule has 0 atom stereocenters. The summed E-state index contributed by atoms with van der Waals surface area (Å²) in [5.41, 5.74) is 1.48. The van der Waals surface area contributed by atoms with E-state index in [0.717, 1.165) is 24.9 Å². The Hall–Kier alpha value is -2.96. The van der Waals surface area contributed by atoms with Gasteiger partial charge in [-0.15, -0.1) is 10.2 Å². The maximum atomic E-state index is 11.9. The summed E-state index contributed by atoms with van der Waals surface area (Å²) in [6, 6.07) is 10.7. The Kier molecular flexibility index (Phi) is 4.69. The Morgan fingerprint density at radius 1 is 1.00 bits per heavy atom. The van der Waals surface area contributed by atoms with Gasteiger partial charge in [0.1, 0.15) is 0 Å². The number of benzene rings is 1. The van der Waals surface area contributed by atoms with Crippen LogP contribution in [0.5, 0.6) is 0 Å². The lowest BCUT2D eigenvalue weighted by molar-refractivity contribution is -0.122. The Labute approximate surface area is 139 Å². The van der Waals surface area contributed by atoms with Crippen molar-refractivity contribution in [1.29, 1.82) is 0 Å². The summed E-state index contributed by atoms with van der Waals surface area (Å²) in [6.07, 6.45) is 3.01. The van der Waals surface area contributed by atoms with Crippen LogP contribution in [0.4, 0.5) is 23.0 Å². The van der Waals surface area contributed by atoms with Gasteiger partial charge in [-0.05, 0) is 43.2 Å². The van der Waals surface area contributed by atoms with Gasteiger partial charge in [-0.2, -0.15) is 0 Å². The lowest BCUT2D eigenvalue weighted by Crippen LogP contribution is -2.28. The molecule has 124 valence electrons. The SMILES string of the molecule is CC(=O)Nc1cccc(Nc2ccc(NC(=O)C3CCC3)nn2)c1. The first-order chi connectivity index (χ1) is 11.6. The summed E-state index contributed by atoms with van der Waals surface area (Å²) >= 11 is 0. The molecule has 2 aromatic rings. The molecule has 2 amide bonds. The molecule has 0 saturated heterocycles. The minimum Gasteiger partial charge on any atom is -0.339 e. The second-order valence-electron chi connectivity index (χ2n) is 5.81. The molecule has 1 fully saturated rings. The second kappa shape index (κ2) is 7.08. The number of carbonyl (C=O) groups excluding carboxylic acids is 2. The minimum atomic E-state index is -0.126. The van der Waals surface area contributed by atoms with Gasteiger partial charge in [-0.25, -0.2) is 0 Å². The Morgan fingerprint density at radius 3 is 2.33 bits per heavy atom. The molecule has 1 aromatic carbocycles. The van der Waals surface area contributed by atoms with Crippen molar-refractivity contribution < 1.29 is 9.59 Å². The number of hydrogen-bond acceptors (Lipinski definition) is 5. The van der Waals surface area contributed by atoms with E-state index >= 15 is 0 Å².